The summed E-state index contributed by atoms with van der Waals surface area (Å²) in [7, 11) is 1.47. The molecule has 0 spiro atoms. The van der Waals surface area contributed by atoms with Gasteiger partial charge < -0.3 is 21.1 Å². The Morgan fingerprint density at radius 3 is 2.69 bits per heavy atom. The Morgan fingerprint density at radius 2 is 2.00 bits per heavy atom. The van der Waals surface area contributed by atoms with Gasteiger partial charge in [0, 0.05) is 49.0 Å². The molecule has 2 aromatic heterocycles. The minimum absolute atomic E-state index is 0.0199. The monoisotopic (exact) mass is 490 g/mol. The summed E-state index contributed by atoms with van der Waals surface area (Å²) in [6, 6.07) is 4.43. The second-order valence-corrected chi connectivity index (χ2v) is 8.75. The molecule has 4 N–H and O–H groups in total. The number of alkyl halides is 3. The van der Waals surface area contributed by atoms with Gasteiger partial charge in [-0.2, -0.15) is 18.3 Å². The SMILES string of the molecule is C[C@@H](Nc1nn(C)c(=O)c2cnc(C3CCCN(C(=O)O)C3)cc12)c1cc(N)cc(C(F)(F)F)c1. The number of amides is 1. The van der Waals surface area contributed by atoms with Crippen molar-refractivity contribution in [2.45, 2.75) is 37.9 Å². The third-order valence-electron chi connectivity index (χ3n) is 6.22. The molecule has 12 heteroatoms. The summed E-state index contributed by atoms with van der Waals surface area (Å²) in [5.74, 6) is 0.141. The number of benzene rings is 1. The van der Waals surface area contributed by atoms with E-state index >= 15 is 0 Å². The standard InChI is InChI=1S/C23H25F3N6O3/c1-12(14-6-15(23(24,25)26)8-16(27)7-14)29-20-17-9-19(13-4-3-5-32(11-13)22(34)35)28-10-18(17)21(33)31(2)30-20/h6-10,12-13H,3-5,11,27H2,1-2H3,(H,29,30)(H,34,35)/t12-,13?/m1/s1. The summed E-state index contributed by atoms with van der Waals surface area (Å²) in [6.07, 6.45) is -2.68. The number of carboxylic acid groups (broad SMARTS) is 1. The summed E-state index contributed by atoms with van der Waals surface area (Å²) < 4.78 is 40.9. The van der Waals surface area contributed by atoms with Gasteiger partial charge in [-0.25, -0.2) is 9.48 Å². The molecule has 0 radical (unpaired) electrons. The van der Waals surface area contributed by atoms with Crippen LogP contribution in [0.5, 0.6) is 0 Å². The van der Waals surface area contributed by atoms with Gasteiger partial charge in [0.15, 0.2) is 5.82 Å². The van der Waals surface area contributed by atoms with Gasteiger partial charge in [0.1, 0.15) is 0 Å². The zero-order chi connectivity index (χ0) is 25.5. The number of likely N-dealkylation sites (tertiary alicyclic amines) is 1. The van der Waals surface area contributed by atoms with Gasteiger partial charge in [-0.1, -0.05) is 0 Å². The molecule has 1 amide bonds. The van der Waals surface area contributed by atoms with Gasteiger partial charge in [0.05, 0.1) is 17.0 Å². The maximum Gasteiger partial charge on any atom is 0.416 e. The van der Waals surface area contributed by atoms with Crippen LogP contribution in [0.15, 0.2) is 35.3 Å². The summed E-state index contributed by atoms with van der Waals surface area (Å²) in [4.78, 5) is 29.8. The Bertz CT molecular complexity index is 1340. The molecule has 9 nitrogen and oxygen atoms in total. The third kappa shape index (κ3) is 5.00. The number of halogens is 3. The third-order valence-corrected chi connectivity index (χ3v) is 6.22. The molecule has 1 aromatic carbocycles. The fourth-order valence-corrected chi connectivity index (χ4v) is 4.36. The van der Waals surface area contributed by atoms with E-state index in [0.29, 0.717) is 35.4 Å². The van der Waals surface area contributed by atoms with Crippen molar-refractivity contribution in [3.05, 3.63) is 57.6 Å². The van der Waals surface area contributed by atoms with Crippen molar-refractivity contribution in [3.8, 4) is 0 Å². The van der Waals surface area contributed by atoms with Crippen molar-refractivity contribution in [1.29, 1.82) is 0 Å². The smallest absolute Gasteiger partial charge is 0.416 e. The normalized spacial score (nSPS) is 17.4. The fourth-order valence-electron chi connectivity index (χ4n) is 4.36. The first-order valence-electron chi connectivity index (χ1n) is 11.0. The molecule has 35 heavy (non-hydrogen) atoms. The van der Waals surface area contributed by atoms with Crippen LogP contribution >= 0.6 is 0 Å². The molecule has 3 aromatic rings. The van der Waals surface area contributed by atoms with E-state index in [1.54, 1.807) is 13.0 Å². The Morgan fingerprint density at radius 1 is 1.26 bits per heavy atom. The van der Waals surface area contributed by atoms with Crippen molar-refractivity contribution in [1.82, 2.24) is 19.7 Å². The number of carbonyl (C=O) groups is 1. The summed E-state index contributed by atoms with van der Waals surface area (Å²) in [5, 5.41) is 17.5. The minimum Gasteiger partial charge on any atom is -0.465 e. The molecule has 1 aliphatic rings. The largest absolute Gasteiger partial charge is 0.465 e. The van der Waals surface area contributed by atoms with Gasteiger partial charge in [0.25, 0.3) is 5.56 Å². The van der Waals surface area contributed by atoms with Gasteiger partial charge in [0.2, 0.25) is 0 Å². The Kier molecular flexibility index (Phi) is 6.30. The second-order valence-electron chi connectivity index (χ2n) is 8.75. The molecule has 186 valence electrons. The van der Waals surface area contributed by atoms with E-state index in [1.807, 2.05) is 0 Å². The van der Waals surface area contributed by atoms with E-state index in [2.05, 4.69) is 15.4 Å². The molecule has 2 atom stereocenters. The van der Waals surface area contributed by atoms with Crippen LogP contribution in [0.4, 0.5) is 29.5 Å². The number of pyridine rings is 1. The van der Waals surface area contributed by atoms with E-state index in [9.17, 15) is 27.9 Å². The lowest BCUT2D eigenvalue weighted by atomic mass is 9.93. The average molecular weight is 490 g/mol. The number of nitrogen functional groups attached to an aromatic ring is 1. The van der Waals surface area contributed by atoms with Crippen molar-refractivity contribution >= 4 is 28.4 Å². The van der Waals surface area contributed by atoms with Crippen molar-refractivity contribution < 1.29 is 23.1 Å². The number of fused-ring (bicyclic) bond motifs is 1. The van der Waals surface area contributed by atoms with Crippen molar-refractivity contribution in [3.63, 3.8) is 0 Å². The molecular formula is C23H25F3N6O3. The van der Waals surface area contributed by atoms with Gasteiger partial charge in [-0.15, -0.1) is 0 Å². The lowest BCUT2D eigenvalue weighted by molar-refractivity contribution is -0.137. The van der Waals surface area contributed by atoms with Crippen LogP contribution in [0.3, 0.4) is 0 Å². The second kappa shape index (κ2) is 9.08. The van der Waals surface area contributed by atoms with Crippen LogP contribution in [0.2, 0.25) is 0 Å². The number of aromatic nitrogens is 3. The Balaban J connectivity index is 1.73. The number of nitrogens with zero attached hydrogens (tertiary/aromatic N) is 4. The molecule has 1 unspecified atom stereocenters. The molecule has 1 saturated heterocycles. The molecule has 1 fully saturated rings. The number of hydrogen-bond donors (Lipinski definition) is 3. The predicted molar refractivity (Wildman–Crippen MR) is 124 cm³/mol. The van der Waals surface area contributed by atoms with Crippen LogP contribution in [0, 0.1) is 0 Å². The lowest BCUT2D eigenvalue weighted by Gasteiger charge is -2.30. The summed E-state index contributed by atoms with van der Waals surface area (Å²) in [6.45, 7) is 2.41. The minimum atomic E-state index is -4.55. The predicted octanol–water partition coefficient (Wildman–Crippen LogP) is 3.96. The number of nitrogens with two attached hydrogens (primary N) is 1. The Hall–Kier alpha value is -3.83. The number of nitrogens with one attached hydrogen (secondary N) is 1. The highest BCUT2D eigenvalue weighted by Gasteiger charge is 2.31. The highest BCUT2D eigenvalue weighted by molar-refractivity contribution is 5.91. The van der Waals surface area contributed by atoms with Gasteiger partial charge in [-0.3, -0.25) is 9.78 Å². The first kappa shape index (κ1) is 24.3. The van der Waals surface area contributed by atoms with E-state index in [4.69, 9.17) is 5.73 Å². The number of hydrogen-bond acceptors (Lipinski definition) is 6. The van der Waals surface area contributed by atoms with Crippen LogP contribution < -0.4 is 16.6 Å². The molecule has 1 aliphatic heterocycles. The van der Waals surface area contributed by atoms with Gasteiger partial charge >= 0.3 is 12.3 Å². The summed E-state index contributed by atoms with van der Waals surface area (Å²) >= 11 is 0. The van der Waals surface area contributed by atoms with Gasteiger partial charge in [-0.05, 0) is 49.6 Å². The molecule has 4 rings (SSSR count). The van der Waals surface area contributed by atoms with Crippen LogP contribution in [-0.4, -0.2) is 44.0 Å². The maximum atomic E-state index is 13.3. The quantitative estimate of drug-likeness (QED) is 0.473. The highest BCUT2D eigenvalue weighted by atomic mass is 19.4. The van der Waals surface area contributed by atoms with Crippen LogP contribution in [0.25, 0.3) is 10.8 Å². The fraction of sp³-hybridized carbons (Fsp3) is 0.391. The number of piperidine rings is 1. The maximum absolute atomic E-state index is 13.3. The number of anilines is 2. The molecular weight excluding hydrogens is 465 g/mol. The summed E-state index contributed by atoms with van der Waals surface area (Å²) in [5.41, 5.74) is 5.39. The zero-order valence-corrected chi connectivity index (χ0v) is 19.1. The van der Waals surface area contributed by atoms with Crippen LogP contribution in [0.1, 0.15) is 48.5 Å². The van der Waals surface area contributed by atoms with Crippen molar-refractivity contribution in [2.24, 2.45) is 7.05 Å². The topological polar surface area (TPSA) is 126 Å². The zero-order valence-electron chi connectivity index (χ0n) is 19.1. The van der Waals surface area contributed by atoms with Crippen molar-refractivity contribution in [2.75, 3.05) is 24.1 Å². The average Bonchev–Trinajstić information content (AvgIpc) is 2.81. The van der Waals surface area contributed by atoms with E-state index in [1.165, 1.54) is 24.2 Å². The first-order valence-corrected chi connectivity index (χ1v) is 11.0. The van der Waals surface area contributed by atoms with E-state index < -0.39 is 23.9 Å². The molecule has 0 saturated carbocycles. The lowest BCUT2D eigenvalue weighted by Crippen LogP contribution is -2.38. The van der Waals surface area contributed by atoms with E-state index in [0.717, 1.165) is 23.2 Å². The molecule has 0 bridgehead atoms. The number of rotatable bonds is 4. The van der Waals surface area contributed by atoms with E-state index in [-0.39, 0.29) is 29.1 Å². The Labute approximate surface area is 198 Å². The number of aryl methyl sites for hydroxylation is 1. The van der Waals surface area contributed by atoms with Crippen LogP contribution in [-0.2, 0) is 13.2 Å². The first-order chi connectivity index (χ1) is 16.4. The molecule has 0 aliphatic carbocycles. The highest BCUT2D eigenvalue weighted by Crippen LogP contribution is 2.34. The molecule has 3 heterocycles.